The summed E-state index contributed by atoms with van der Waals surface area (Å²) in [6.07, 6.45) is 0.392. The maximum Gasteiger partial charge on any atom is 0.410 e. The Bertz CT molecular complexity index is 789. The molecule has 2 saturated heterocycles. The van der Waals surface area contributed by atoms with Crippen molar-refractivity contribution in [2.75, 3.05) is 26.7 Å². The van der Waals surface area contributed by atoms with E-state index < -0.39 is 5.60 Å². The van der Waals surface area contributed by atoms with E-state index in [1.54, 1.807) is 28.2 Å². The second-order valence-electron chi connectivity index (χ2n) is 6.44. The highest BCUT2D eigenvalue weighted by atomic mass is 32.1. The van der Waals surface area contributed by atoms with E-state index in [9.17, 15) is 9.59 Å². The minimum atomic E-state index is -0.535. The van der Waals surface area contributed by atoms with Crippen LogP contribution < -0.4 is 0 Å². The van der Waals surface area contributed by atoms with Crippen molar-refractivity contribution in [1.29, 1.82) is 0 Å². The molecule has 0 aliphatic carbocycles. The Hall–Kier alpha value is -2.34. The molecule has 5 nitrogen and oxygen atoms in total. The molecular weight excluding hydrogens is 324 g/mol. The first-order valence-electron chi connectivity index (χ1n) is 7.94. The lowest BCUT2D eigenvalue weighted by molar-refractivity contribution is 0.0553. The van der Waals surface area contributed by atoms with Gasteiger partial charge in [-0.1, -0.05) is 18.2 Å². The molecule has 2 aromatic rings. The lowest BCUT2D eigenvalue weighted by Gasteiger charge is -2.22. The van der Waals surface area contributed by atoms with E-state index in [-0.39, 0.29) is 12.0 Å². The quantitative estimate of drug-likeness (QED) is 0.843. The van der Waals surface area contributed by atoms with Gasteiger partial charge in [-0.05, 0) is 29.1 Å². The van der Waals surface area contributed by atoms with Crippen LogP contribution in [0.2, 0.25) is 0 Å². The van der Waals surface area contributed by atoms with Crippen molar-refractivity contribution >= 4 is 23.3 Å². The average molecular weight is 342 g/mol. The lowest BCUT2D eigenvalue weighted by Crippen LogP contribution is -2.39. The molecule has 6 heteroatoms. The number of carbonyl (C=O) groups is 2. The van der Waals surface area contributed by atoms with E-state index in [4.69, 9.17) is 4.74 Å². The van der Waals surface area contributed by atoms with Gasteiger partial charge in [-0.15, -0.1) is 11.3 Å². The molecule has 2 amide bonds. The molecule has 0 N–H and O–H groups in total. The zero-order chi connectivity index (χ0) is 16.7. The Morgan fingerprint density at radius 2 is 2.12 bits per heavy atom. The monoisotopic (exact) mass is 342 g/mol. The number of likely N-dealkylation sites (tertiary alicyclic amines) is 1. The fourth-order valence-corrected chi connectivity index (χ4v) is 4.18. The molecule has 124 valence electrons. The molecule has 2 fully saturated rings. The van der Waals surface area contributed by atoms with Crippen molar-refractivity contribution in [3.05, 3.63) is 47.3 Å². The Balaban J connectivity index is 1.53. The minimum Gasteiger partial charge on any atom is -0.439 e. The predicted molar refractivity (Wildman–Crippen MR) is 92.1 cm³/mol. The van der Waals surface area contributed by atoms with Gasteiger partial charge < -0.3 is 14.5 Å². The molecule has 2 aliphatic heterocycles. The number of amides is 2. The molecule has 0 radical (unpaired) electrons. The van der Waals surface area contributed by atoms with Gasteiger partial charge >= 0.3 is 6.09 Å². The summed E-state index contributed by atoms with van der Waals surface area (Å²) in [5.74, 6) is -0.00381. The second-order valence-corrected chi connectivity index (χ2v) is 7.39. The fourth-order valence-electron chi connectivity index (χ4n) is 3.45. The van der Waals surface area contributed by atoms with Crippen LogP contribution >= 0.6 is 11.3 Å². The minimum absolute atomic E-state index is 0.00381. The van der Waals surface area contributed by atoms with Crippen LogP contribution in [0.1, 0.15) is 16.8 Å². The zero-order valence-electron chi connectivity index (χ0n) is 13.4. The molecule has 1 spiro atoms. The molecule has 4 rings (SSSR count). The van der Waals surface area contributed by atoms with Gasteiger partial charge in [0.2, 0.25) is 0 Å². The zero-order valence-corrected chi connectivity index (χ0v) is 14.2. The van der Waals surface area contributed by atoms with Crippen LogP contribution in [0.4, 0.5) is 4.79 Å². The smallest absolute Gasteiger partial charge is 0.410 e. The number of nitrogens with zero attached hydrogens (tertiary/aromatic N) is 2. The van der Waals surface area contributed by atoms with Crippen LogP contribution in [0.15, 0.2) is 41.8 Å². The fraction of sp³-hybridized carbons (Fsp3) is 0.333. The van der Waals surface area contributed by atoms with Crippen LogP contribution in [-0.4, -0.2) is 54.1 Å². The van der Waals surface area contributed by atoms with Crippen molar-refractivity contribution in [3.63, 3.8) is 0 Å². The van der Waals surface area contributed by atoms with Crippen molar-refractivity contribution in [1.82, 2.24) is 9.80 Å². The topological polar surface area (TPSA) is 49.9 Å². The SMILES string of the molecule is CN1C[C@@]2(CCN(C(=O)c3cccc(-c4cccs4)c3)C2)OC1=O. The van der Waals surface area contributed by atoms with Gasteiger partial charge in [0.25, 0.3) is 5.91 Å². The summed E-state index contributed by atoms with van der Waals surface area (Å²) in [6.45, 7) is 1.62. The molecule has 0 saturated carbocycles. The van der Waals surface area contributed by atoms with Crippen molar-refractivity contribution in [2.24, 2.45) is 0 Å². The Kier molecular flexibility index (Phi) is 3.57. The van der Waals surface area contributed by atoms with Gasteiger partial charge in [0, 0.05) is 30.5 Å². The third-order valence-electron chi connectivity index (χ3n) is 4.66. The molecule has 1 aromatic heterocycles. The Labute approximate surface area is 144 Å². The van der Waals surface area contributed by atoms with Crippen LogP contribution in [0.3, 0.4) is 0 Å². The summed E-state index contributed by atoms with van der Waals surface area (Å²) in [7, 11) is 1.73. The second kappa shape index (κ2) is 5.63. The first-order valence-corrected chi connectivity index (χ1v) is 8.82. The Morgan fingerprint density at radius 3 is 2.83 bits per heavy atom. The predicted octanol–water partition coefficient (Wildman–Crippen LogP) is 3.08. The molecular formula is C18H18N2O3S. The third kappa shape index (κ3) is 2.57. The molecule has 3 heterocycles. The van der Waals surface area contributed by atoms with E-state index in [1.807, 2.05) is 41.8 Å². The highest BCUT2D eigenvalue weighted by Crippen LogP contribution is 2.33. The summed E-state index contributed by atoms with van der Waals surface area (Å²) in [5, 5.41) is 2.03. The number of hydrogen-bond acceptors (Lipinski definition) is 4. The van der Waals surface area contributed by atoms with Crippen molar-refractivity contribution in [3.8, 4) is 10.4 Å². The largest absolute Gasteiger partial charge is 0.439 e. The maximum absolute atomic E-state index is 12.8. The first kappa shape index (κ1) is 15.2. The maximum atomic E-state index is 12.8. The number of ether oxygens (including phenoxy) is 1. The number of rotatable bonds is 2. The summed E-state index contributed by atoms with van der Waals surface area (Å²) >= 11 is 1.66. The van der Waals surface area contributed by atoms with Gasteiger partial charge in [0.05, 0.1) is 13.1 Å². The Morgan fingerprint density at radius 1 is 1.25 bits per heavy atom. The summed E-state index contributed by atoms with van der Waals surface area (Å²) in [5.41, 5.74) is 1.19. The number of likely N-dealkylation sites (N-methyl/N-ethyl adjacent to an activating group) is 1. The normalized spacial score (nSPS) is 23.1. The van der Waals surface area contributed by atoms with Crippen LogP contribution in [-0.2, 0) is 4.74 Å². The first-order chi connectivity index (χ1) is 11.6. The summed E-state index contributed by atoms with van der Waals surface area (Å²) in [4.78, 5) is 29.0. The van der Waals surface area contributed by atoms with Crippen molar-refractivity contribution < 1.29 is 14.3 Å². The van der Waals surface area contributed by atoms with Crippen molar-refractivity contribution in [2.45, 2.75) is 12.0 Å². The van der Waals surface area contributed by atoms with Crippen LogP contribution in [0, 0.1) is 0 Å². The van der Waals surface area contributed by atoms with Gasteiger partial charge in [-0.3, -0.25) is 4.79 Å². The molecule has 0 bridgehead atoms. The molecule has 1 atom stereocenters. The van der Waals surface area contributed by atoms with Gasteiger partial charge in [0.15, 0.2) is 5.60 Å². The number of hydrogen-bond donors (Lipinski definition) is 0. The number of benzene rings is 1. The van der Waals surface area contributed by atoms with Crippen LogP contribution in [0.5, 0.6) is 0 Å². The molecule has 2 aliphatic rings. The van der Waals surface area contributed by atoms with E-state index in [2.05, 4.69) is 0 Å². The summed E-state index contributed by atoms with van der Waals surface area (Å²) < 4.78 is 5.52. The number of carbonyl (C=O) groups excluding carboxylic acids is 2. The van der Waals surface area contributed by atoms with E-state index >= 15 is 0 Å². The van der Waals surface area contributed by atoms with Crippen LogP contribution in [0.25, 0.3) is 10.4 Å². The standard InChI is InChI=1S/C18H18N2O3S/c1-19-11-18(23-17(19)22)7-8-20(12-18)16(21)14-5-2-4-13(10-14)15-6-3-9-24-15/h2-6,9-10H,7-8,11-12H2,1H3/t18-/m1/s1. The molecule has 1 aromatic carbocycles. The van der Waals surface area contributed by atoms with Gasteiger partial charge in [0.1, 0.15) is 0 Å². The highest BCUT2D eigenvalue weighted by Gasteiger charge is 2.49. The van der Waals surface area contributed by atoms with Gasteiger partial charge in [-0.2, -0.15) is 0 Å². The highest BCUT2D eigenvalue weighted by molar-refractivity contribution is 7.13. The number of thiophene rings is 1. The molecule has 0 unspecified atom stereocenters. The summed E-state index contributed by atoms with van der Waals surface area (Å²) in [6, 6.07) is 11.8. The van der Waals surface area contributed by atoms with Gasteiger partial charge in [-0.25, -0.2) is 4.79 Å². The van der Waals surface area contributed by atoms with E-state index in [0.717, 1.165) is 10.4 Å². The average Bonchev–Trinajstić information content (AvgIpc) is 3.29. The van der Waals surface area contributed by atoms with E-state index in [0.29, 0.717) is 31.6 Å². The van der Waals surface area contributed by atoms with E-state index in [1.165, 1.54) is 0 Å². The lowest BCUT2D eigenvalue weighted by atomic mass is 10.0. The molecule has 24 heavy (non-hydrogen) atoms. The third-order valence-corrected chi connectivity index (χ3v) is 5.58.